The molecule has 0 aromatic heterocycles. The molecule has 1 heterocycles. The van der Waals surface area contributed by atoms with Gasteiger partial charge in [-0.15, -0.1) is 0 Å². The van der Waals surface area contributed by atoms with Crippen LogP contribution in [0.4, 0.5) is 9.18 Å². The first-order chi connectivity index (χ1) is 17.9. The van der Waals surface area contributed by atoms with Gasteiger partial charge in [-0.05, 0) is 79.6 Å². The second-order valence-electron chi connectivity index (χ2n) is 8.47. The molecule has 1 saturated heterocycles. The second-order valence-corrected chi connectivity index (χ2v) is 9.46. The zero-order chi connectivity index (χ0) is 26.4. The third-order valence-electron chi connectivity index (χ3n) is 5.70. The van der Waals surface area contributed by atoms with Crippen molar-refractivity contribution in [1.29, 1.82) is 0 Å². The summed E-state index contributed by atoms with van der Waals surface area (Å²) in [5, 5.41) is -0.337. The van der Waals surface area contributed by atoms with Crippen LogP contribution in [0.25, 0.3) is 6.08 Å². The Morgan fingerprint density at radius 3 is 2.51 bits per heavy atom. The average Bonchev–Trinajstić information content (AvgIpc) is 3.14. The van der Waals surface area contributed by atoms with Gasteiger partial charge in [0.05, 0.1) is 18.1 Å². The van der Waals surface area contributed by atoms with Gasteiger partial charge in [0.1, 0.15) is 24.8 Å². The Morgan fingerprint density at radius 2 is 1.73 bits per heavy atom. The van der Waals surface area contributed by atoms with E-state index in [1.165, 1.54) is 11.0 Å². The predicted molar refractivity (Wildman–Crippen MR) is 142 cm³/mol. The van der Waals surface area contributed by atoms with Gasteiger partial charge < -0.3 is 14.2 Å². The Balaban J connectivity index is 1.43. The van der Waals surface area contributed by atoms with Crippen LogP contribution in [0.15, 0.2) is 65.6 Å². The van der Waals surface area contributed by atoms with Gasteiger partial charge in [-0.2, -0.15) is 0 Å². The quantitative estimate of drug-likeness (QED) is 0.283. The van der Waals surface area contributed by atoms with Gasteiger partial charge in [-0.3, -0.25) is 14.5 Å². The summed E-state index contributed by atoms with van der Waals surface area (Å²) in [5.74, 6) is 0.959. The maximum atomic E-state index is 13.9. The zero-order valence-corrected chi connectivity index (χ0v) is 21.8. The van der Waals surface area contributed by atoms with Crippen molar-refractivity contribution < 1.29 is 28.2 Å². The number of imide groups is 1. The summed E-state index contributed by atoms with van der Waals surface area (Å²) in [5.41, 5.74) is 3.18. The number of aryl methyl sites for hydroxylation is 2. The van der Waals surface area contributed by atoms with Gasteiger partial charge >= 0.3 is 0 Å². The third kappa shape index (κ3) is 6.51. The Bertz CT molecular complexity index is 1340. The minimum absolute atomic E-state index is 0.0507. The average molecular weight is 522 g/mol. The molecular formula is C29H28FNO5S. The van der Waals surface area contributed by atoms with E-state index in [4.69, 9.17) is 14.2 Å². The van der Waals surface area contributed by atoms with Gasteiger partial charge in [-0.25, -0.2) is 4.39 Å². The summed E-state index contributed by atoms with van der Waals surface area (Å²) in [4.78, 5) is 26.9. The number of rotatable bonds is 10. The topological polar surface area (TPSA) is 65.1 Å². The minimum atomic E-state index is -0.364. The predicted octanol–water partition coefficient (Wildman–Crippen LogP) is 6.54. The lowest BCUT2D eigenvalue weighted by atomic mass is 10.1. The molecule has 2 amide bonds. The van der Waals surface area contributed by atoms with Crippen LogP contribution in [-0.4, -0.2) is 35.8 Å². The van der Waals surface area contributed by atoms with Crippen molar-refractivity contribution in [3.05, 3.63) is 93.6 Å². The van der Waals surface area contributed by atoms with Crippen molar-refractivity contribution >= 4 is 29.0 Å². The smallest absolute Gasteiger partial charge is 0.293 e. The summed E-state index contributed by atoms with van der Waals surface area (Å²) in [6, 6.07) is 17.5. The van der Waals surface area contributed by atoms with Gasteiger partial charge in [0.2, 0.25) is 0 Å². The Kier molecular flexibility index (Phi) is 8.50. The summed E-state index contributed by atoms with van der Waals surface area (Å²) >= 11 is 0.890. The molecule has 0 N–H and O–H groups in total. The van der Waals surface area contributed by atoms with E-state index >= 15 is 0 Å². The number of benzene rings is 3. The van der Waals surface area contributed by atoms with E-state index in [0.717, 1.165) is 28.6 Å². The first-order valence-corrected chi connectivity index (χ1v) is 12.8. The fourth-order valence-corrected chi connectivity index (χ4v) is 4.59. The lowest BCUT2D eigenvalue weighted by Gasteiger charge is -2.15. The van der Waals surface area contributed by atoms with E-state index in [1.54, 1.807) is 42.5 Å². The SMILES string of the molecule is CCOc1cc(/C=C2\SC(=O)N(CCOc3cc(C)ccc3C)C2=O)ccc1OCc1ccccc1F. The second kappa shape index (κ2) is 12.0. The van der Waals surface area contributed by atoms with Crippen LogP contribution in [-0.2, 0) is 11.4 Å². The Hall–Kier alpha value is -3.78. The van der Waals surface area contributed by atoms with Crippen LogP contribution in [0.2, 0.25) is 0 Å². The van der Waals surface area contributed by atoms with E-state index in [0.29, 0.717) is 34.1 Å². The van der Waals surface area contributed by atoms with Gasteiger partial charge in [0.15, 0.2) is 11.5 Å². The van der Waals surface area contributed by atoms with E-state index in [1.807, 2.05) is 39.0 Å². The molecule has 4 rings (SSSR count). The molecule has 37 heavy (non-hydrogen) atoms. The fourth-order valence-electron chi connectivity index (χ4n) is 3.73. The molecule has 0 atom stereocenters. The molecule has 3 aromatic carbocycles. The molecule has 8 heteroatoms. The van der Waals surface area contributed by atoms with E-state index in [9.17, 15) is 14.0 Å². The normalized spacial score (nSPS) is 14.4. The Labute approximate surface area is 220 Å². The van der Waals surface area contributed by atoms with E-state index in [2.05, 4.69) is 0 Å². The van der Waals surface area contributed by atoms with Crippen LogP contribution in [0.3, 0.4) is 0 Å². The zero-order valence-electron chi connectivity index (χ0n) is 21.0. The van der Waals surface area contributed by atoms with Gasteiger partial charge in [-0.1, -0.05) is 36.4 Å². The molecule has 1 fully saturated rings. The van der Waals surface area contributed by atoms with Crippen LogP contribution < -0.4 is 14.2 Å². The highest BCUT2D eigenvalue weighted by Gasteiger charge is 2.34. The molecule has 0 spiro atoms. The van der Waals surface area contributed by atoms with Crippen molar-refractivity contribution in [1.82, 2.24) is 4.90 Å². The Morgan fingerprint density at radius 1 is 0.919 bits per heavy atom. The maximum Gasteiger partial charge on any atom is 0.293 e. The van der Waals surface area contributed by atoms with E-state index < -0.39 is 0 Å². The summed E-state index contributed by atoms with van der Waals surface area (Å²) < 4.78 is 31.3. The molecule has 0 aliphatic carbocycles. The van der Waals surface area contributed by atoms with Crippen LogP contribution >= 0.6 is 11.8 Å². The number of nitrogens with zero attached hydrogens (tertiary/aromatic N) is 1. The lowest BCUT2D eigenvalue weighted by Crippen LogP contribution is -2.32. The van der Waals surface area contributed by atoms with Crippen molar-refractivity contribution in [2.24, 2.45) is 0 Å². The summed E-state index contributed by atoms with van der Waals surface area (Å²) in [6.45, 7) is 6.59. The van der Waals surface area contributed by atoms with E-state index in [-0.39, 0.29) is 36.7 Å². The lowest BCUT2D eigenvalue weighted by molar-refractivity contribution is -0.123. The molecule has 1 aliphatic heterocycles. The van der Waals surface area contributed by atoms with Crippen molar-refractivity contribution in [3.63, 3.8) is 0 Å². The standard InChI is InChI=1S/C29H28FNO5S/c1-4-34-26-16-21(11-12-24(26)36-18-22-7-5-6-8-23(22)30)17-27-28(32)31(29(33)37-27)13-14-35-25-15-19(2)9-10-20(25)3/h5-12,15-17H,4,13-14,18H2,1-3H3/b27-17-. The highest BCUT2D eigenvalue weighted by Crippen LogP contribution is 2.35. The third-order valence-corrected chi connectivity index (χ3v) is 6.60. The van der Waals surface area contributed by atoms with Crippen molar-refractivity contribution in [2.45, 2.75) is 27.4 Å². The molecule has 1 aliphatic rings. The number of halogens is 1. The number of thioether (sulfide) groups is 1. The minimum Gasteiger partial charge on any atom is -0.491 e. The van der Waals surface area contributed by atoms with Gasteiger partial charge in [0.25, 0.3) is 11.1 Å². The number of carbonyl (C=O) groups excluding carboxylic acids is 2. The molecule has 192 valence electrons. The van der Waals surface area contributed by atoms with Crippen LogP contribution in [0, 0.1) is 19.7 Å². The van der Waals surface area contributed by atoms with Gasteiger partial charge in [0, 0.05) is 5.56 Å². The highest BCUT2D eigenvalue weighted by atomic mass is 32.2. The van der Waals surface area contributed by atoms with Crippen molar-refractivity contribution in [3.8, 4) is 17.2 Å². The first-order valence-electron chi connectivity index (χ1n) is 11.9. The molecule has 0 bridgehead atoms. The fraction of sp³-hybridized carbons (Fsp3) is 0.241. The summed E-state index contributed by atoms with van der Waals surface area (Å²) in [7, 11) is 0. The molecule has 3 aromatic rings. The summed E-state index contributed by atoms with van der Waals surface area (Å²) in [6.07, 6.45) is 1.65. The molecular weight excluding hydrogens is 493 g/mol. The molecule has 0 unspecified atom stereocenters. The molecule has 0 saturated carbocycles. The van der Waals surface area contributed by atoms with Crippen molar-refractivity contribution in [2.75, 3.05) is 19.8 Å². The number of amides is 2. The number of carbonyl (C=O) groups is 2. The molecule has 6 nitrogen and oxygen atoms in total. The maximum absolute atomic E-state index is 13.9. The number of hydrogen-bond donors (Lipinski definition) is 0. The first kappa shape index (κ1) is 26.3. The molecule has 0 radical (unpaired) electrons. The highest BCUT2D eigenvalue weighted by molar-refractivity contribution is 8.18. The number of ether oxygens (including phenoxy) is 3. The monoisotopic (exact) mass is 521 g/mol. The largest absolute Gasteiger partial charge is 0.491 e. The van der Waals surface area contributed by atoms with Crippen LogP contribution in [0.1, 0.15) is 29.2 Å². The number of hydrogen-bond acceptors (Lipinski definition) is 6. The van der Waals surface area contributed by atoms with Crippen LogP contribution in [0.5, 0.6) is 17.2 Å².